The molecule has 8 heteroatoms. The topological polar surface area (TPSA) is 26.0 Å². The van der Waals surface area contributed by atoms with Gasteiger partial charge in [-0.2, -0.15) is 30.7 Å². The van der Waals surface area contributed by atoms with Crippen LogP contribution < -0.4 is 5.73 Å². The molecular weight excluding hydrogens is 243 g/mol. The molecule has 1 atom stereocenters. The van der Waals surface area contributed by atoms with E-state index in [-0.39, 0.29) is 0 Å². The molecule has 0 amide bonds. The van der Waals surface area contributed by atoms with Crippen molar-refractivity contribution in [1.82, 2.24) is 0 Å². The lowest BCUT2D eigenvalue weighted by Gasteiger charge is -2.32. The van der Waals surface area contributed by atoms with Crippen molar-refractivity contribution in [2.75, 3.05) is 0 Å². The average Bonchev–Trinajstić information content (AvgIpc) is 2.00. The summed E-state index contributed by atoms with van der Waals surface area (Å²) >= 11 is 0. The Balaban J connectivity index is 5.03. The molecule has 0 bridgehead atoms. The van der Waals surface area contributed by atoms with Crippen LogP contribution in [0.5, 0.6) is 0 Å². The van der Waals surface area contributed by atoms with Crippen molar-refractivity contribution in [3.05, 3.63) is 0 Å². The number of alkyl halides is 7. The zero-order valence-corrected chi connectivity index (χ0v) is 8.58. The third kappa shape index (κ3) is 2.78. The van der Waals surface area contributed by atoms with Gasteiger partial charge in [-0.3, -0.25) is 0 Å². The fourth-order valence-corrected chi connectivity index (χ4v) is 1.08. The molecule has 0 saturated heterocycles. The highest BCUT2D eigenvalue weighted by Crippen LogP contribution is 2.48. The zero-order valence-electron chi connectivity index (χ0n) is 8.58. The smallest absolute Gasteiger partial charge is 0.322 e. The normalized spacial score (nSPS) is 16.7. The van der Waals surface area contributed by atoms with E-state index in [1.165, 1.54) is 13.8 Å². The fraction of sp³-hybridized carbons (Fsp3) is 1.00. The molecule has 0 aromatic carbocycles. The molecule has 0 aromatic rings. The first-order chi connectivity index (χ1) is 6.84. The molecule has 0 aliphatic rings. The minimum atomic E-state index is -6.31. The standard InChI is InChI=1S/C8H12F7N/c1-4(2)3-5(16)6(9,10)7(11,12)8(13,14)15/h4-5H,3,16H2,1-2H3/t5-/m0/s1. The molecule has 1 nitrogen and oxygen atoms in total. The molecule has 98 valence electrons. The van der Waals surface area contributed by atoms with E-state index in [2.05, 4.69) is 0 Å². The Bertz CT molecular complexity index is 233. The van der Waals surface area contributed by atoms with Gasteiger partial charge in [-0.15, -0.1) is 0 Å². The van der Waals surface area contributed by atoms with Crippen LogP contribution in [0.2, 0.25) is 0 Å². The van der Waals surface area contributed by atoms with Crippen molar-refractivity contribution >= 4 is 0 Å². The van der Waals surface area contributed by atoms with Gasteiger partial charge in [0.25, 0.3) is 0 Å². The summed E-state index contributed by atoms with van der Waals surface area (Å²) in [4.78, 5) is 0. The second-order valence-electron chi connectivity index (χ2n) is 3.93. The predicted octanol–water partition coefficient (Wildman–Crippen LogP) is 3.19. The van der Waals surface area contributed by atoms with Crippen LogP contribution in [0.4, 0.5) is 30.7 Å². The first kappa shape index (κ1) is 15.5. The summed E-state index contributed by atoms with van der Waals surface area (Å²) in [7, 11) is 0. The molecule has 0 spiro atoms. The zero-order chi connectivity index (χ0) is 13.4. The highest BCUT2D eigenvalue weighted by Gasteiger charge is 2.74. The Morgan fingerprint density at radius 1 is 0.938 bits per heavy atom. The van der Waals surface area contributed by atoms with Gasteiger partial charge >= 0.3 is 18.0 Å². The molecule has 0 unspecified atom stereocenters. The Morgan fingerprint density at radius 3 is 1.56 bits per heavy atom. The highest BCUT2D eigenvalue weighted by molar-refractivity contribution is 4.97. The van der Waals surface area contributed by atoms with Gasteiger partial charge in [-0.1, -0.05) is 13.8 Å². The molecule has 0 saturated carbocycles. The van der Waals surface area contributed by atoms with Crippen molar-refractivity contribution in [3.8, 4) is 0 Å². The van der Waals surface area contributed by atoms with Crippen molar-refractivity contribution < 1.29 is 30.7 Å². The fourth-order valence-electron chi connectivity index (χ4n) is 1.08. The number of nitrogens with two attached hydrogens (primary N) is 1. The molecule has 0 aliphatic heterocycles. The third-order valence-corrected chi connectivity index (χ3v) is 1.97. The number of rotatable bonds is 4. The van der Waals surface area contributed by atoms with Crippen molar-refractivity contribution in [2.24, 2.45) is 11.7 Å². The molecular formula is C8H12F7N. The van der Waals surface area contributed by atoms with Gasteiger partial charge < -0.3 is 5.73 Å². The van der Waals surface area contributed by atoms with Crippen LogP contribution in [0, 0.1) is 5.92 Å². The number of halogens is 7. The first-order valence-electron chi connectivity index (χ1n) is 4.42. The molecule has 0 aromatic heterocycles. The Morgan fingerprint density at radius 2 is 1.31 bits per heavy atom. The summed E-state index contributed by atoms with van der Waals surface area (Å²) in [5.41, 5.74) is 4.71. The first-order valence-corrected chi connectivity index (χ1v) is 4.42. The van der Waals surface area contributed by atoms with Crippen molar-refractivity contribution in [2.45, 2.75) is 44.3 Å². The highest BCUT2D eigenvalue weighted by atomic mass is 19.4. The molecule has 0 rings (SSSR count). The number of hydrogen-bond acceptors (Lipinski definition) is 1. The molecule has 16 heavy (non-hydrogen) atoms. The predicted molar refractivity (Wildman–Crippen MR) is 43.4 cm³/mol. The maximum atomic E-state index is 12.9. The lowest BCUT2D eigenvalue weighted by Crippen LogP contribution is -2.60. The van der Waals surface area contributed by atoms with Gasteiger partial charge in [-0.25, -0.2) is 0 Å². The lowest BCUT2D eigenvalue weighted by atomic mass is 9.95. The van der Waals surface area contributed by atoms with Crippen molar-refractivity contribution in [3.63, 3.8) is 0 Å². The van der Waals surface area contributed by atoms with Gasteiger partial charge in [0.05, 0.1) is 6.04 Å². The second-order valence-corrected chi connectivity index (χ2v) is 3.93. The van der Waals surface area contributed by atoms with Crippen LogP contribution in [0.25, 0.3) is 0 Å². The van der Waals surface area contributed by atoms with E-state index in [4.69, 9.17) is 5.73 Å². The largest absolute Gasteiger partial charge is 0.459 e. The van der Waals surface area contributed by atoms with Crippen LogP contribution in [0.15, 0.2) is 0 Å². The van der Waals surface area contributed by atoms with E-state index < -0.39 is 36.4 Å². The SMILES string of the molecule is CC(C)C[C@H](N)C(F)(F)C(F)(F)C(F)(F)F. The van der Waals surface area contributed by atoms with E-state index in [1.807, 2.05) is 0 Å². The van der Waals surface area contributed by atoms with Crippen molar-refractivity contribution in [1.29, 1.82) is 0 Å². The minimum Gasteiger partial charge on any atom is -0.322 e. The van der Waals surface area contributed by atoms with Crippen LogP contribution in [0.3, 0.4) is 0 Å². The Kier molecular flexibility index (Phi) is 4.24. The quantitative estimate of drug-likeness (QED) is 0.767. The van der Waals surface area contributed by atoms with Gasteiger partial charge in [-0.05, 0) is 12.3 Å². The second kappa shape index (κ2) is 4.38. The van der Waals surface area contributed by atoms with Gasteiger partial charge in [0.1, 0.15) is 0 Å². The summed E-state index contributed by atoms with van der Waals surface area (Å²) in [6.45, 7) is 2.78. The van der Waals surface area contributed by atoms with E-state index >= 15 is 0 Å². The van der Waals surface area contributed by atoms with Gasteiger partial charge in [0.15, 0.2) is 0 Å². The molecule has 0 heterocycles. The summed E-state index contributed by atoms with van der Waals surface area (Å²) in [5.74, 6) is -11.9. The number of hydrogen-bond donors (Lipinski definition) is 1. The van der Waals surface area contributed by atoms with E-state index in [0.717, 1.165) is 0 Å². The van der Waals surface area contributed by atoms with E-state index in [9.17, 15) is 30.7 Å². The maximum Gasteiger partial charge on any atom is 0.459 e. The summed E-state index contributed by atoms with van der Waals surface area (Å²) in [6.07, 6.45) is -6.94. The third-order valence-electron chi connectivity index (χ3n) is 1.97. The van der Waals surface area contributed by atoms with E-state index in [0.29, 0.717) is 0 Å². The van der Waals surface area contributed by atoms with E-state index in [1.54, 1.807) is 0 Å². The Labute approximate surface area is 87.8 Å². The maximum absolute atomic E-state index is 12.9. The van der Waals surface area contributed by atoms with Crippen LogP contribution in [0.1, 0.15) is 20.3 Å². The lowest BCUT2D eigenvalue weighted by molar-refractivity contribution is -0.359. The Hall–Kier alpha value is -0.530. The van der Waals surface area contributed by atoms with Gasteiger partial charge in [0.2, 0.25) is 0 Å². The average molecular weight is 255 g/mol. The molecule has 0 aliphatic carbocycles. The summed E-state index contributed by atoms with van der Waals surface area (Å²) in [5, 5.41) is 0. The monoisotopic (exact) mass is 255 g/mol. The minimum absolute atomic E-state index is 0.509. The molecule has 0 fully saturated rings. The van der Waals surface area contributed by atoms with Gasteiger partial charge in [0, 0.05) is 0 Å². The summed E-state index contributed by atoms with van der Waals surface area (Å²) < 4.78 is 85.8. The molecule has 0 radical (unpaired) electrons. The molecule has 2 N–H and O–H groups in total. The van der Waals surface area contributed by atoms with Crippen LogP contribution in [-0.4, -0.2) is 24.1 Å². The summed E-state index contributed by atoms with van der Waals surface area (Å²) in [6, 6.07) is -2.54. The van der Waals surface area contributed by atoms with Crippen LogP contribution >= 0.6 is 0 Å². The van der Waals surface area contributed by atoms with Crippen LogP contribution in [-0.2, 0) is 0 Å².